The van der Waals surface area contributed by atoms with E-state index in [-0.39, 0.29) is 6.54 Å². The van der Waals surface area contributed by atoms with Crippen LogP contribution in [0, 0.1) is 5.92 Å². The van der Waals surface area contributed by atoms with E-state index in [0.29, 0.717) is 18.0 Å². The van der Waals surface area contributed by atoms with E-state index in [1.807, 2.05) is 18.2 Å². The number of rotatable bonds is 7. The molecule has 0 saturated heterocycles. The van der Waals surface area contributed by atoms with Gasteiger partial charge in [0.15, 0.2) is 0 Å². The van der Waals surface area contributed by atoms with Gasteiger partial charge in [-0.05, 0) is 37.7 Å². The van der Waals surface area contributed by atoms with Crippen LogP contribution in [0.25, 0.3) is 21.9 Å². The van der Waals surface area contributed by atoms with E-state index in [1.54, 1.807) is 6.33 Å². The molecule has 2 aromatic heterocycles. The van der Waals surface area contributed by atoms with Crippen molar-refractivity contribution >= 4 is 33.7 Å². The number of carbonyl (C=O) groups is 1. The molecular weight excluding hydrogens is 342 g/mol. The number of aromatic nitrogens is 3. The minimum absolute atomic E-state index is 0.147. The fourth-order valence-electron chi connectivity index (χ4n) is 4.13. The summed E-state index contributed by atoms with van der Waals surface area (Å²) in [6.07, 6.45) is 5.97. The van der Waals surface area contributed by atoms with Gasteiger partial charge in [0.05, 0.1) is 11.9 Å². The fraction of sp³-hybridized carbons (Fsp3) is 0.450. The number of benzene rings is 1. The van der Waals surface area contributed by atoms with Crippen LogP contribution in [0.5, 0.6) is 0 Å². The Kier molecular flexibility index (Phi) is 3.97. The van der Waals surface area contributed by atoms with Crippen molar-refractivity contribution in [3.05, 3.63) is 30.6 Å². The predicted molar refractivity (Wildman–Crippen MR) is 104 cm³/mol. The Hall–Kier alpha value is -2.67. The number of hydrogen-bond donors (Lipinski definition) is 3. The van der Waals surface area contributed by atoms with E-state index in [0.717, 1.165) is 47.1 Å². The maximum absolute atomic E-state index is 11.2. The summed E-state index contributed by atoms with van der Waals surface area (Å²) in [4.78, 5) is 25.5. The van der Waals surface area contributed by atoms with Crippen LogP contribution in [-0.2, 0) is 4.79 Å². The van der Waals surface area contributed by atoms with Gasteiger partial charge in [-0.15, -0.1) is 0 Å². The number of carboxylic acid groups (broad SMARTS) is 1. The lowest BCUT2D eigenvalue weighted by Crippen LogP contribution is -2.52. The lowest BCUT2D eigenvalue weighted by molar-refractivity contribution is -0.139. The highest BCUT2D eigenvalue weighted by Crippen LogP contribution is 2.36. The molecule has 2 fully saturated rings. The highest BCUT2D eigenvalue weighted by molar-refractivity contribution is 6.10. The number of nitrogens with zero attached hydrogens (tertiary/aromatic N) is 3. The molecule has 7 nitrogen and oxygen atoms in total. The summed E-state index contributed by atoms with van der Waals surface area (Å²) >= 11 is 0. The monoisotopic (exact) mass is 365 g/mol. The molecule has 0 radical (unpaired) electrons. The largest absolute Gasteiger partial charge is 0.480 e. The lowest BCUT2D eigenvalue weighted by Gasteiger charge is -2.43. The molecule has 1 aromatic carbocycles. The van der Waals surface area contributed by atoms with Crippen LogP contribution in [0.4, 0.5) is 5.82 Å². The van der Waals surface area contributed by atoms with Crippen molar-refractivity contribution in [2.24, 2.45) is 5.92 Å². The molecule has 0 atom stereocenters. The van der Waals surface area contributed by atoms with E-state index in [2.05, 4.69) is 31.2 Å². The summed E-state index contributed by atoms with van der Waals surface area (Å²) in [6.45, 7) is 1.07. The predicted octanol–water partition coefficient (Wildman–Crippen LogP) is 2.85. The van der Waals surface area contributed by atoms with Gasteiger partial charge in [-0.3, -0.25) is 9.69 Å². The highest BCUT2D eigenvalue weighted by atomic mass is 16.4. The number of anilines is 1. The van der Waals surface area contributed by atoms with Gasteiger partial charge in [-0.25, -0.2) is 9.97 Å². The zero-order valence-corrected chi connectivity index (χ0v) is 15.1. The van der Waals surface area contributed by atoms with Gasteiger partial charge < -0.3 is 15.4 Å². The standard InChI is InChI=1S/C20H23N5O2/c26-17(27)10-25(9-12-5-6-12)14-7-13(8-14)23-19-18-15-3-1-2-4-16(15)24-20(18)22-11-21-19/h1-4,11-14H,5-10H2,(H,26,27)(H2,21,22,23,24). The first-order valence-corrected chi connectivity index (χ1v) is 9.61. The van der Waals surface area contributed by atoms with Gasteiger partial charge in [0.2, 0.25) is 0 Å². The van der Waals surface area contributed by atoms with Crippen LogP contribution in [-0.4, -0.2) is 56.1 Å². The van der Waals surface area contributed by atoms with Gasteiger partial charge >= 0.3 is 5.97 Å². The Morgan fingerprint density at radius 1 is 1.26 bits per heavy atom. The molecule has 3 aromatic rings. The van der Waals surface area contributed by atoms with Crippen LogP contribution < -0.4 is 5.32 Å². The van der Waals surface area contributed by atoms with Crippen molar-refractivity contribution in [3.8, 4) is 0 Å². The molecular formula is C20H23N5O2. The molecule has 7 heteroatoms. The van der Waals surface area contributed by atoms with Gasteiger partial charge in [-0.1, -0.05) is 18.2 Å². The van der Waals surface area contributed by atoms with Crippen LogP contribution in [0.15, 0.2) is 30.6 Å². The first-order chi connectivity index (χ1) is 13.2. The Labute approximate surface area is 156 Å². The zero-order chi connectivity index (χ0) is 18.4. The Bertz CT molecular complexity index is 990. The van der Waals surface area contributed by atoms with E-state index in [1.165, 1.54) is 12.8 Å². The second-order valence-corrected chi connectivity index (χ2v) is 7.85. The molecule has 2 aliphatic carbocycles. The van der Waals surface area contributed by atoms with Gasteiger partial charge in [0.1, 0.15) is 17.8 Å². The zero-order valence-electron chi connectivity index (χ0n) is 15.1. The summed E-state index contributed by atoms with van der Waals surface area (Å²) in [5.74, 6) is 0.820. The normalized spacial score (nSPS) is 22.3. The van der Waals surface area contributed by atoms with Crippen molar-refractivity contribution in [2.45, 2.75) is 37.8 Å². The van der Waals surface area contributed by atoms with Crippen LogP contribution in [0.1, 0.15) is 25.7 Å². The second kappa shape index (κ2) is 6.49. The van der Waals surface area contributed by atoms with E-state index in [9.17, 15) is 9.90 Å². The number of aromatic amines is 1. The summed E-state index contributed by atoms with van der Waals surface area (Å²) in [7, 11) is 0. The summed E-state index contributed by atoms with van der Waals surface area (Å²) in [5, 5.41) is 14.9. The van der Waals surface area contributed by atoms with Crippen molar-refractivity contribution in [2.75, 3.05) is 18.4 Å². The lowest BCUT2D eigenvalue weighted by atomic mass is 9.85. The van der Waals surface area contributed by atoms with Crippen LogP contribution in [0.2, 0.25) is 0 Å². The average Bonchev–Trinajstić information content (AvgIpc) is 3.34. The molecule has 2 heterocycles. The molecule has 0 bridgehead atoms. The third-order valence-electron chi connectivity index (χ3n) is 5.80. The first kappa shape index (κ1) is 16.5. The summed E-state index contributed by atoms with van der Waals surface area (Å²) < 4.78 is 0. The Morgan fingerprint density at radius 2 is 2.07 bits per heavy atom. The van der Waals surface area contributed by atoms with E-state index >= 15 is 0 Å². The molecule has 0 aliphatic heterocycles. The highest BCUT2D eigenvalue weighted by Gasteiger charge is 2.37. The smallest absolute Gasteiger partial charge is 0.317 e. The van der Waals surface area contributed by atoms with Crippen molar-refractivity contribution in [3.63, 3.8) is 0 Å². The number of para-hydroxylation sites is 1. The number of nitrogens with one attached hydrogen (secondary N) is 2. The minimum atomic E-state index is -0.733. The molecule has 0 amide bonds. The van der Waals surface area contributed by atoms with Gasteiger partial charge in [0, 0.05) is 29.5 Å². The molecule has 140 valence electrons. The molecule has 0 unspecified atom stereocenters. The van der Waals surface area contributed by atoms with Gasteiger partial charge in [0.25, 0.3) is 0 Å². The Balaban J connectivity index is 1.31. The fourth-order valence-corrected chi connectivity index (χ4v) is 4.13. The quantitative estimate of drug-likeness (QED) is 0.596. The van der Waals surface area contributed by atoms with Crippen molar-refractivity contribution < 1.29 is 9.90 Å². The molecule has 2 saturated carbocycles. The Morgan fingerprint density at radius 3 is 2.85 bits per heavy atom. The van der Waals surface area contributed by atoms with E-state index < -0.39 is 5.97 Å². The third kappa shape index (κ3) is 3.23. The van der Waals surface area contributed by atoms with Crippen LogP contribution in [0.3, 0.4) is 0 Å². The minimum Gasteiger partial charge on any atom is -0.480 e. The number of hydrogen-bond acceptors (Lipinski definition) is 5. The van der Waals surface area contributed by atoms with E-state index in [4.69, 9.17) is 0 Å². The van der Waals surface area contributed by atoms with Crippen molar-refractivity contribution in [1.82, 2.24) is 19.9 Å². The number of fused-ring (bicyclic) bond motifs is 3. The number of aliphatic carboxylic acids is 1. The van der Waals surface area contributed by atoms with Crippen molar-refractivity contribution in [1.29, 1.82) is 0 Å². The first-order valence-electron chi connectivity index (χ1n) is 9.61. The third-order valence-corrected chi connectivity index (χ3v) is 5.80. The maximum Gasteiger partial charge on any atom is 0.317 e. The average molecular weight is 365 g/mol. The number of H-pyrrole nitrogens is 1. The summed E-state index contributed by atoms with van der Waals surface area (Å²) in [5.41, 5.74) is 1.89. The topological polar surface area (TPSA) is 94.1 Å². The summed E-state index contributed by atoms with van der Waals surface area (Å²) in [6, 6.07) is 8.81. The van der Waals surface area contributed by atoms with Crippen LogP contribution >= 0.6 is 0 Å². The maximum atomic E-state index is 11.2. The molecule has 3 N–H and O–H groups in total. The molecule has 27 heavy (non-hydrogen) atoms. The molecule has 5 rings (SSSR count). The second-order valence-electron chi connectivity index (χ2n) is 7.85. The molecule has 0 spiro atoms. The van der Waals surface area contributed by atoms with Gasteiger partial charge in [-0.2, -0.15) is 0 Å². The SMILES string of the molecule is O=C(O)CN(CC1CC1)C1CC(Nc2ncnc3[nH]c4ccccc4c23)C1. The molecule has 2 aliphatic rings. The number of carboxylic acids is 1.